The first-order chi connectivity index (χ1) is 15.0. The van der Waals surface area contributed by atoms with E-state index in [4.69, 9.17) is 12.2 Å². The van der Waals surface area contributed by atoms with E-state index in [1.165, 1.54) is 4.57 Å². The van der Waals surface area contributed by atoms with Gasteiger partial charge in [-0.2, -0.15) is 0 Å². The summed E-state index contributed by atoms with van der Waals surface area (Å²) >= 11 is 5.31. The van der Waals surface area contributed by atoms with Crippen LogP contribution in [0.15, 0.2) is 53.5 Å². The minimum absolute atomic E-state index is 0.0137. The van der Waals surface area contributed by atoms with Crippen molar-refractivity contribution < 1.29 is 9.59 Å². The lowest BCUT2D eigenvalue weighted by Gasteiger charge is -2.35. The second kappa shape index (κ2) is 9.22. The fourth-order valence-corrected chi connectivity index (χ4v) is 4.03. The van der Waals surface area contributed by atoms with Crippen molar-refractivity contribution >= 4 is 34.9 Å². The Labute approximate surface area is 184 Å². The Morgan fingerprint density at radius 2 is 1.65 bits per heavy atom. The molecule has 0 bridgehead atoms. The van der Waals surface area contributed by atoms with Crippen molar-refractivity contribution in [1.82, 2.24) is 24.3 Å². The highest BCUT2D eigenvalue weighted by molar-refractivity contribution is 7.71. The van der Waals surface area contributed by atoms with Gasteiger partial charge in [-0.1, -0.05) is 18.2 Å². The predicted molar refractivity (Wildman–Crippen MR) is 119 cm³/mol. The maximum atomic E-state index is 12.7. The molecule has 9 heteroatoms. The number of amides is 2. The van der Waals surface area contributed by atoms with Crippen molar-refractivity contribution in [1.29, 1.82) is 0 Å². The monoisotopic (exact) mass is 437 g/mol. The molecule has 4 rings (SSSR count). The number of aromatic amines is 1. The molecule has 0 spiro atoms. The third-order valence-electron chi connectivity index (χ3n) is 5.48. The first-order valence-corrected chi connectivity index (χ1v) is 10.6. The van der Waals surface area contributed by atoms with Gasteiger partial charge in [-0.25, -0.2) is 0 Å². The zero-order valence-electron chi connectivity index (χ0n) is 17.0. The molecule has 2 aromatic heterocycles. The van der Waals surface area contributed by atoms with Gasteiger partial charge in [0.25, 0.3) is 5.56 Å². The summed E-state index contributed by atoms with van der Waals surface area (Å²) in [6.07, 6.45) is 2.11. The van der Waals surface area contributed by atoms with E-state index in [0.29, 0.717) is 41.9 Å². The third kappa shape index (κ3) is 4.72. The molecule has 3 heterocycles. The lowest BCUT2D eigenvalue weighted by Crippen LogP contribution is -2.51. The highest BCUT2D eigenvalue weighted by Gasteiger charge is 2.24. The molecule has 160 valence electrons. The molecular formula is C22H23N5O3S. The highest BCUT2D eigenvalue weighted by Crippen LogP contribution is 2.09. The minimum atomic E-state index is -0.197. The first-order valence-electron chi connectivity index (χ1n) is 10.2. The summed E-state index contributed by atoms with van der Waals surface area (Å²) in [5, 5.41) is 0.545. The highest BCUT2D eigenvalue weighted by atomic mass is 32.1. The molecule has 0 aliphatic carbocycles. The number of carbonyl (C=O) groups is 2. The number of rotatable bonds is 5. The molecule has 1 aliphatic rings. The second-order valence-electron chi connectivity index (χ2n) is 7.44. The third-order valence-corrected chi connectivity index (χ3v) is 5.80. The van der Waals surface area contributed by atoms with Crippen LogP contribution >= 0.6 is 12.2 Å². The fraction of sp³-hybridized carbons (Fsp3) is 0.318. The number of benzene rings is 1. The molecular weight excluding hydrogens is 414 g/mol. The molecule has 1 aromatic carbocycles. The second-order valence-corrected chi connectivity index (χ2v) is 7.83. The van der Waals surface area contributed by atoms with Gasteiger partial charge in [0.2, 0.25) is 11.8 Å². The van der Waals surface area contributed by atoms with Crippen molar-refractivity contribution in [2.45, 2.75) is 19.4 Å². The Bertz CT molecular complexity index is 1210. The molecule has 0 unspecified atom stereocenters. The van der Waals surface area contributed by atoms with Gasteiger partial charge in [-0.3, -0.25) is 23.9 Å². The van der Waals surface area contributed by atoms with Gasteiger partial charge in [0, 0.05) is 51.0 Å². The number of para-hydroxylation sites is 1. The fourth-order valence-electron chi connectivity index (χ4n) is 3.74. The van der Waals surface area contributed by atoms with Crippen LogP contribution < -0.4 is 5.56 Å². The molecule has 1 aliphatic heterocycles. The number of carbonyl (C=O) groups excluding carboxylic acids is 2. The lowest BCUT2D eigenvalue weighted by atomic mass is 10.2. The Hall–Kier alpha value is -3.33. The summed E-state index contributed by atoms with van der Waals surface area (Å²) in [6.45, 7) is 2.16. The summed E-state index contributed by atoms with van der Waals surface area (Å²) in [6, 6.07) is 12.7. The van der Waals surface area contributed by atoms with E-state index in [1.54, 1.807) is 34.2 Å². The van der Waals surface area contributed by atoms with Crippen LogP contribution in [0.3, 0.4) is 0 Å². The van der Waals surface area contributed by atoms with Gasteiger partial charge in [-0.05, 0) is 36.5 Å². The van der Waals surface area contributed by atoms with Gasteiger partial charge in [-0.15, -0.1) is 0 Å². The SMILES string of the molecule is O=C(CCn1c(=S)[nH]c2ccccc2c1=O)N1CCN(C(=O)Cc2ccccn2)CC1. The average Bonchev–Trinajstić information content (AvgIpc) is 2.79. The molecule has 3 aromatic rings. The predicted octanol–water partition coefficient (Wildman–Crippen LogP) is 1.76. The van der Waals surface area contributed by atoms with E-state index in [9.17, 15) is 14.4 Å². The molecule has 0 radical (unpaired) electrons. The molecule has 1 fully saturated rings. The molecule has 31 heavy (non-hydrogen) atoms. The van der Waals surface area contributed by atoms with Crippen LogP contribution in [-0.4, -0.2) is 62.3 Å². The zero-order chi connectivity index (χ0) is 21.8. The quantitative estimate of drug-likeness (QED) is 0.614. The number of H-pyrrole nitrogens is 1. The van der Waals surface area contributed by atoms with E-state index in [1.807, 2.05) is 24.3 Å². The number of hydrogen-bond donors (Lipinski definition) is 1. The summed E-state index contributed by atoms with van der Waals surface area (Å²) in [4.78, 5) is 48.6. The van der Waals surface area contributed by atoms with E-state index in [0.717, 1.165) is 5.69 Å². The smallest absolute Gasteiger partial charge is 0.262 e. The Kier molecular flexibility index (Phi) is 6.22. The summed E-state index contributed by atoms with van der Waals surface area (Å²) in [5.41, 5.74) is 1.23. The number of piperazine rings is 1. The lowest BCUT2D eigenvalue weighted by molar-refractivity contribution is -0.139. The largest absolute Gasteiger partial charge is 0.339 e. The van der Waals surface area contributed by atoms with Crippen LogP contribution in [0, 0.1) is 4.77 Å². The van der Waals surface area contributed by atoms with Gasteiger partial charge in [0.15, 0.2) is 4.77 Å². The summed E-state index contributed by atoms with van der Waals surface area (Å²) in [5.74, 6) is -0.0360. The van der Waals surface area contributed by atoms with Crippen LogP contribution in [-0.2, 0) is 22.6 Å². The maximum absolute atomic E-state index is 12.7. The van der Waals surface area contributed by atoms with Crippen molar-refractivity contribution in [2.24, 2.45) is 0 Å². The van der Waals surface area contributed by atoms with Crippen LogP contribution in [0.1, 0.15) is 12.1 Å². The molecule has 8 nitrogen and oxygen atoms in total. The van der Waals surface area contributed by atoms with Crippen LogP contribution in [0.5, 0.6) is 0 Å². The topological polar surface area (TPSA) is 91.3 Å². The summed E-state index contributed by atoms with van der Waals surface area (Å²) < 4.78 is 1.74. The van der Waals surface area contributed by atoms with Crippen LogP contribution in [0.25, 0.3) is 10.9 Å². The maximum Gasteiger partial charge on any atom is 0.262 e. The number of aromatic nitrogens is 3. The first kappa shape index (κ1) is 20.9. The van der Waals surface area contributed by atoms with Crippen LogP contribution in [0.2, 0.25) is 0 Å². The minimum Gasteiger partial charge on any atom is -0.339 e. The average molecular weight is 438 g/mol. The van der Waals surface area contributed by atoms with E-state index in [-0.39, 0.29) is 36.8 Å². The van der Waals surface area contributed by atoms with Gasteiger partial charge in [0.1, 0.15) is 0 Å². The van der Waals surface area contributed by atoms with E-state index >= 15 is 0 Å². The zero-order valence-corrected chi connectivity index (χ0v) is 17.8. The molecule has 0 saturated carbocycles. The number of fused-ring (bicyclic) bond motifs is 1. The number of hydrogen-bond acceptors (Lipinski definition) is 5. The van der Waals surface area contributed by atoms with E-state index in [2.05, 4.69) is 9.97 Å². The molecule has 1 saturated heterocycles. The van der Waals surface area contributed by atoms with Crippen molar-refractivity contribution in [3.05, 3.63) is 69.5 Å². The molecule has 2 amide bonds. The Morgan fingerprint density at radius 3 is 2.35 bits per heavy atom. The van der Waals surface area contributed by atoms with Gasteiger partial charge < -0.3 is 14.8 Å². The van der Waals surface area contributed by atoms with Crippen molar-refractivity contribution in [3.63, 3.8) is 0 Å². The van der Waals surface area contributed by atoms with Gasteiger partial charge in [0.05, 0.1) is 17.3 Å². The number of pyridine rings is 1. The molecule has 0 atom stereocenters. The summed E-state index contributed by atoms with van der Waals surface area (Å²) in [7, 11) is 0. The van der Waals surface area contributed by atoms with E-state index < -0.39 is 0 Å². The number of nitrogens with zero attached hydrogens (tertiary/aromatic N) is 4. The molecule has 1 N–H and O–H groups in total. The number of nitrogens with one attached hydrogen (secondary N) is 1. The van der Waals surface area contributed by atoms with Gasteiger partial charge >= 0.3 is 0 Å². The standard InChI is InChI=1S/C22H23N5O3S/c28-19(8-10-27-21(30)17-6-1-2-7-18(17)24-22(27)31)25-11-13-26(14-12-25)20(29)15-16-5-3-4-9-23-16/h1-7,9H,8,10-15H2,(H,24,31). The normalized spacial score (nSPS) is 14.1. The Balaban J connectivity index is 1.33. The van der Waals surface area contributed by atoms with Crippen molar-refractivity contribution in [2.75, 3.05) is 26.2 Å². The van der Waals surface area contributed by atoms with Crippen molar-refractivity contribution in [3.8, 4) is 0 Å². The Morgan fingerprint density at radius 1 is 0.968 bits per heavy atom. The van der Waals surface area contributed by atoms with Crippen LogP contribution in [0.4, 0.5) is 0 Å².